The van der Waals surface area contributed by atoms with Gasteiger partial charge in [0, 0.05) is 17.1 Å². The van der Waals surface area contributed by atoms with E-state index >= 15 is 0 Å². The molecule has 0 spiro atoms. The SMILES string of the molecule is C=C(/C=C(/Cl)N=C(N)CF)NC[C@H]1CCC[C@@H](c2ccc(SC)cc2)O1. The molecule has 1 aliphatic rings. The number of halogens is 2. The van der Waals surface area contributed by atoms with Crippen molar-refractivity contribution in [1.29, 1.82) is 0 Å². The van der Waals surface area contributed by atoms with E-state index in [1.54, 1.807) is 11.8 Å². The lowest BCUT2D eigenvalue weighted by molar-refractivity contribution is -0.0488. The maximum absolute atomic E-state index is 12.3. The second-order valence-electron chi connectivity index (χ2n) is 6.06. The maximum Gasteiger partial charge on any atom is 0.147 e. The quantitative estimate of drug-likeness (QED) is 0.222. The fraction of sp³-hybridized carbons (Fsp3) is 0.421. The van der Waals surface area contributed by atoms with Gasteiger partial charge in [0.1, 0.15) is 17.7 Å². The van der Waals surface area contributed by atoms with Crippen molar-refractivity contribution >= 4 is 29.2 Å². The van der Waals surface area contributed by atoms with Crippen LogP contribution in [0.1, 0.15) is 30.9 Å². The fourth-order valence-electron chi connectivity index (χ4n) is 2.75. The lowest BCUT2D eigenvalue weighted by atomic mass is 9.98. The molecular formula is C19H25ClFN3OS. The summed E-state index contributed by atoms with van der Waals surface area (Å²) in [6, 6.07) is 8.54. The molecular weight excluding hydrogens is 373 g/mol. The molecule has 0 radical (unpaired) electrons. The Kier molecular flexibility index (Phi) is 8.48. The standard InChI is InChI=1S/C19H25ClFN3OS/c1-13(10-18(20)24-19(22)11-21)23-12-15-4-3-5-17(25-15)14-6-8-16(26-2)9-7-14/h6-10,15,17,23H,1,3-5,11-12H2,2H3,(H2,22,24)/b18-10-/t15-,17+/m1/s1. The zero-order valence-corrected chi connectivity index (χ0v) is 16.5. The van der Waals surface area contributed by atoms with Crippen molar-refractivity contribution in [2.75, 3.05) is 19.5 Å². The molecule has 0 aromatic heterocycles. The van der Waals surface area contributed by atoms with Gasteiger partial charge in [0.25, 0.3) is 0 Å². The normalized spacial score (nSPS) is 21.5. The molecule has 7 heteroatoms. The highest BCUT2D eigenvalue weighted by Gasteiger charge is 2.23. The third-order valence-electron chi connectivity index (χ3n) is 4.07. The minimum atomic E-state index is -0.834. The van der Waals surface area contributed by atoms with Gasteiger partial charge in [-0.3, -0.25) is 0 Å². The number of hydrogen-bond donors (Lipinski definition) is 2. The highest BCUT2D eigenvalue weighted by molar-refractivity contribution is 7.98. The van der Waals surface area contributed by atoms with Crippen LogP contribution in [0.4, 0.5) is 4.39 Å². The van der Waals surface area contributed by atoms with Crippen molar-refractivity contribution in [3.05, 3.63) is 53.3 Å². The Morgan fingerprint density at radius 3 is 2.85 bits per heavy atom. The Morgan fingerprint density at radius 1 is 1.46 bits per heavy atom. The smallest absolute Gasteiger partial charge is 0.147 e. The van der Waals surface area contributed by atoms with Crippen LogP contribution in [0.5, 0.6) is 0 Å². The molecule has 4 nitrogen and oxygen atoms in total. The lowest BCUT2D eigenvalue weighted by Crippen LogP contribution is -2.32. The van der Waals surface area contributed by atoms with E-state index in [1.165, 1.54) is 16.5 Å². The van der Waals surface area contributed by atoms with Crippen LogP contribution < -0.4 is 11.1 Å². The van der Waals surface area contributed by atoms with Crippen LogP contribution in [0.25, 0.3) is 0 Å². The summed E-state index contributed by atoms with van der Waals surface area (Å²) in [5.74, 6) is -0.162. The van der Waals surface area contributed by atoms with Crippen LogP contribution in [-0.2, 0) is 4.74 Å². The van der Waals surface area contributed by atoms with E-state index < -0.39 is 6.67 Å². The minimum Gasteiger partial charge on any atom is -0.385 e. The molecule has 1 saturated heterocycles. The zero-order chi connectivity index (χ0) is 18.9. The molecule has 0 aliphatic carbocycles. The Bertz CT molecular complexity index is 663. The number of allylic oxidation sites excluding steroid dienone is 1. The summed E-state index contributed by atoms with van der Waals surface area (Å²) in [5.41, 5.74) is 7.10. The lowest BCUT2D eigenvalue weighted by Gasteiger charge is -2.31. The number of nitrogens with zero attached hydrogens (tertiary/aromatic N) is 1. The highest BCUT2D eigenvalue weighted by atomic mass is 35.5. The van der Waals surface area contributed by atoms with Crippen LogP contribution >= 0.6 is 23.4 Å². The average Bonchev–Trinajstić information content (AvgIpc) is 2.66. The summed E-state index contributed by atoms with van der Waals surface area (Å²) >= 11 is 7.62. The van der Waals surface area contributed by atoms with Gasteiger partial charge in [0.2, 0.25) is 0 Å². The molecule has 1 fully saturated rings. The Labute approximate surface area is 163 Å². The summed E-state index contributed by atoms with van der Waals surface area (Å²) in [7, 11) is 0. The van der Waals surface area contributed by atoms with E-state index in [9.17, 15) is 4.39 Å². The second kappa shape index (κ2) is 10.6. The Balaban J connectivity index is 1.86. The number of benzene rings is 1. The van der Waals surface area contributed by atoms with Gasteiger partial charge in [-0.15, -0.1) is 11.8 Å². The predicted molar refractivity (Wildman–Crippen MR) is 108 cm³/mol. The predicted octanol–water partition coefficient (Wildman–Crippen LogP) is 4.53. The number of aliphatic imine (C=N–C) groups is 1. The zero-order valence-electron chi connectivity index (χ0n) is 14.9. The van der Waals surface area contributed by atoms with Gasteiger partial charge in [-0.2, -0.15) is 0 Å². The van der Waals surface area contributed by atoms with Gasteiger partial charge in [-0.1, -0.05) is 30.3 Å². The average molecular weight is 398 g/mol. The Hall–Kier alpha value is -1.50. The number of amidine groups is 1. The van der Waals surface area contributed by atoms with Crippen molar-refractivity contribution in [3.8, 4) is 0 Å². The van der Waals surface area contributed by atoms with E-state index in [2.05, 4.69) is 47.4 Å². The molecule has 2 rings (SSSR count). The van der Waals surface area contributed by atoms with Crippen LogP contribution in [0.15, 0.2) is 57.7 Å². The van der Waals surface area contributed by atoms with E-state index in [1.807, 2.05) is 0 Å². The van der Waals surface area contributed by atoms with Gasteiger partial charge >= 0.3 is 0 Å². The first-order valence-electron chi connectivity index (χ1n) is 8.50. The number of hydrogen-bond acceptors (Lipinski definition) is 4. The van der Waals surface area contributed by atoms with Gasteiger partial charge in [0.15, 0.2) is 0 Å². The first kappa shape index (κ1) is 20.8. The van der Waals surface area contributed by atoms with Crippen LogP contribution in [0.2, 0.25) is 0 Å². The van der Waals surface area contributed by atoms with E-state index in [-0.39, 0.29) is 23.2 Å². The van der Waals surface area contributed by atoms with E-state index in [0.717, 1.165) is 19.3 Å². The van der Waals surface area contributed by atoms with E-state index in [4.69, 9.17) is 22.1 Å². The maximum atomic E-state index is 12.3. The van der Waals surface area contributed by atoms with Gasteiger partial charge in [-0.25, -0.2) is 9.38 Å². The largest absolute Gasteiger partial charge is 0.385 e. The molecule has 1 aliphatic heterocycles. The van der Waals surface area contributed by atoms with Crippen molar-refractivity contribution in [2.45, 2.75) is 36.4 Å². The first-order valence-corrected chi connectivity index (χ1v) is 10.1. The molecule has 3 N–H and O–H groups in total. The number of nitrogens with one attached hydrogen (secondary N) is 1. The topological polar surface area (TPSA) is 59.6 Å². The molecule has 1 aromatic carbocycles. The summed E-state index contributed by atoms with van der Waals surface area (Å²) in [6.45, 7) is 3.67. The molecule has 0 bridgehead atoms. The second-order valence-corrected chi connectivity index (χ2v) is 7.33. The molecule has 1 aromatic rings. The molecule has 2 atom stereocenters. The van der Waals surface area contributed by atoms with Gasteiger partial charge < -0.3 is 15.8 Å². The van der Waals surface area contributed by atoms with Gasteiger partial charge in [0.05, 0.1) is 12.2 Å². The van der Waals surface area contributed by atoms with E-state index in [0.29, 0.717) is 12.2 Å². The van der Waals surface area contributed by atoms with Crippen molar-refractivity contribution < 1.29 is 9.13 Å². The number of thioether (sulfide) groups is 1. The molecule has 26 heavy (non-hydrogen) atoms. The van der Waals surface area contributed by atoms with Crippen molar-refractivity contribution in [2.24, 2.45) is 10.7 Å². The molecule has 142 valence electrons. The molecule has 0 amide bonds. The molecule has 0 saturated carbocycles. The third-order valence-corrected chi connectivity index (χ3v) is 5.01. The summed E-state index contributed by atoms with van der Waals surface area (Å²) in [6.07, 6.45) is 6.93. The first-order chi connectivity index (χ1) is 12.5. The third kappa shape index (κ3) is 6.67. The monoisotopic (exact) mass is 397 g/mol. The Morgan fingerprint density at radius 2 is 2.19 bits per heavy atom. The van der Waals surface area contributed by atoms with Crippen molar-refractivity contribution in [1.82, 2.24) is 5.32 Å². The fourth-order valence-corrected chi connectivity index (χ4v) is 3.40. The minimum absolute atomic E-state index is 0.0916. The van der Waals surface area contributed by atoms with Gasteiger partial charge in [-0.05, 0) is 49.3 Å². The van der Waals surface area contributed by atoms with Crippen LogP contribution in [0, 0.1) is 0 Å². The van der Waals surface area contributed by atoms with Crippen LogP contribution in [-0.4, -0.2) is 31.4 Å². The van der Waals surface area contributed by atoms with Crippen LogP contribution in [0.3, 0.4) is 0 Å². The molecule has 1 heterocycles. The summed E-state index contributed by atoms with van der Waals surface area (Å²) in [5, 5.41) is 3.27. The summed E-state index contributed by atoms with van der Waals surface area (Å²) in [4.78, 5) is 4.96. The van der Waals surface area contributed by atoms with Crippen molar-refractivity contribution in [3.63, 3.8) is 0 Å². The number of ether oxygens (including phenoxy) is 1. The molecule has 0 unspecified atom stereocenters. The summed E-state index contributed by atoms with van der Waals surface area (Å²) < 4.78 is 18.5. The number of alkyl halides is 1. The number of nitrogens with two attached hydrogens (primary N) is 1. The highest BCUT2D eigenvalue weighted by Crippen LogP contribution is 2.32. The number of rotatable bonds is 8.